The predicted molar refractivity (Wildman–Crippen MR) is 396 cm³/mol. The van der Waals surface area contributed by atoms with Gasteiger partial charge < -0.3 is 0 Å². The number of fused-ring (bicyclic) bond motifs is 10. The fraction of sp³-hybridized carbons (Fsp3) is 0.0217. The molecule has 1 aliphatic rings. The van der Waals surface area contributed by atoms with E-state index in [1.807, 2.05) is 0 Å². The number of rotatable bonds is 8. The lowest BCUT2D eigenvalue weighted by Crippen LogP contribution is -2.05. The zero-order valence-corrected chi connectivity index (χ0v) is 50.8. The molecular formula is C92H62. The Kier molecular flexibility index (Phi) is 13.8. The number of allylic oxidation sites excluding steroid dienone is 4. The molecule has 1 aliphatic carbocycles. The van der Waals surface area contributed by atoms with Crippen LogP contribution in [-0.4, -0.2) is 0 Å². The maximum atomic E-state index is 2.52. The molecule has 17 aromatic carbocycles. The van der Waals surface area contributed by atoms with Crippen molar-refractivity contribution in [1.82, 2.24) is 0 Å². The van der Waals surface area contributed by atoms with Crippen LogP contribution in [0.15, 0.2) is 358 Å². The van der Waals surface area contributed by atoms with E-state index in [-0.39, 0.29) is 0 Å². The van der Waals surface area contributed by atoms with Crippen molar-refractivity contribution in [3.05, 3.63) is 375 Å². The van der Waals surface area contributed by atoms with Crippen molar-refractivity contribution >= 4 is 97.3 Å². The Bertz CT molecular complexity index is 5690. The molecule has 0 saturated carbocycles. The van der Waals surface area contributed by atoms with E-state index >= 15 is 0 Å². The second kappa shape index (κ2) is 23.3. The molecule has 0 saturated heterocycles. The zero-order chi connectivity index (χ0) is 60.9. The summed E-state index contributed by atoms with van der Waals surface area (Å²) in [6, 6.07) is 127. The van der Waals surface area contributed by atoms with Gasteiger partial charge in [0.15, 0.2) is 0 Å². The molecule has 0 N–H and O–H groups in total. The summed E-state index contributed by atoms with van der Waals surface area (Å²) in [5.41, 5.74) is 19.0. The highest BCUT2D eigenvalue weighted by molar-refractivity contribution is 6.30. The summed E-state index contributed by atoms with van der Waals surface area (Å²) in [6.07, 6.45) is 5.98. The Morgan fingerprint density at radius 3 is 1.22 bits per heavy atom. The molecular weight excluding hydrogens is 1110 g/mol. The fourth-order valence-corrected chi connectivity index (χ4v) is 15.0. The van der Waals surface area contributed by atoms with Crippen molar-refractivity contribution in [2.24, 2.45) is 0 Å². The number of hydrogen-bond donors (Lipinski definition) is 0. The van der Waals surface area contributed by atoms with Crippen molar-refractivity contribution in [1.29, 1.82) is 0 Å². The van der Waals surface area contributed by atoms with Gasteiger partial charge in [-0.25, -0.2) is 0 Å². The van der Waals surface area contributed by atoms with Gasteiger partial charge in [0.1, 0.15) is 0 Å². The first-order valence-corrected chi connectivity index (χ1v) is 32.2. The number of hydrogen-bond acceptors (Lipinski definition) is 0. The predicted octanol–water partition coefficient (Wildman–Crippen LogP) is 25.6. The van der Waals surface area contributed by atoms with Crippen LogP contribution in [0.5, 0.6) is 0 Å². The lowest BCUT2D eigenvalue weighted by atomic mass is 9.77. The van der Waals surface area contributed by atoms with Gasteiger partial charge in [-0.05, 0) is 200 Å². The first-order valence-electron chi connectivity index (χ1n) is 32.2. The van der Waals surface area contributed by atoms with Crippen LogP contribution in [0, 0.1) is 0 Å². The van der Waals surface area contributed by atoms with Crippen molar-refractivity contribution in [3.8, 4) is 55.6 Å². The van der Waals surface area contributed by atoms with Crippen molar-refractivity contribution in [2.75, 3.05) is 0 Å². The third-order valence-electron chi connectivity index (χ3n) is 19.2. The van der Waals surface area contributed by atoms with Crippen LogP contribution in [0.4, 0.5) is 0 Å². The van der Waals surface area contributed by atoms with E-state index in [9.17, 15) is 0 Å². The van der Waals surface area contributed by atoms with E-state index in [0.29, 0.717) is 5.92 Å². The molecule has 0 bridgehead atoms. The van der Waals surface area contributed by atoms with Crippen LogP contribution >= 0.6 is 0 Å². The summed E-state index contributed by atoms with van der Waals surface area (Å²) >= 11 is 0. The summed E-state index contributed by atoms with van der Waals surface area (Å²) in [7, 11) is 0. The Morgan fingerprint density at radius 2 is 0.630 bits per heavy atom. The van der Waals surface area contributed by atoms with Gasteiger partial charge in [-0.1, -0.05) is 334 Å². The molecule has 0 heterocycles. The average Bonchev–Trinajstić information content (AvgIpc) is 0.749. The highest BCUT2D eigenvalue weighted by Crippen LogP contribution is 2.52. The maximum Gasteiger partial charge on any atom is 0.00622 e. The fourth-order valence-electron chi connectivity index (χ4n) is 15.0. The third kappa shape index (κ3) is 9.55. The van der Waals surface area contributed by atoms with E-state index in [0.717, 1.165) is 6.42 Å². The molecule has 18 rings (SSSR count). The highest BCUT2D eigenvalue weighted by Gasteiger charge is 2.27. The summed E-state index contributed by atoms with van der Waals surface area (Å²) < 4.78 is 0. The molecule has 0 nitrogen and oxygen atoms in total. The van der Waals surface area contributed by atoms with E-state index < -0.39 is 0 Å². The zero-order valence-electron chi connectivity index (χ0n) is 50.8. The van der Waals surface area contributed by atoms with Gasteiger partial charge >= 0.3 is 0 Å². The van der Waals surface area contributed by atoms with E-state index in [1.54, 1.807) is 0 Å². The smallest absolute Gasteiger partial charge is 0.00622 e. The molecule has 1 unspecified atom stereocenters. The van der Waals surface area contributed by atoms with Gasteiger partial charge in [0.2, 0.25) is 0 Å². The minimum absolute atomic E-state index is 0.305. The van der Waals surface area contributed by atoms with Gasteiger partial charge in [-0.2, -0.15) is 0 Å². The lowest BCUT2D eigenvalue weighted by molar-refractivity contribution is 0.860. The standard InChI is InChI=1S/C54H38.C38H24/c1-5-17-37(18-6-1)43-29-31-47(49(33-43)39-21-9-3-10-22-39)53-45-27-15-16-28-46(45)54(52-36-42-26-14-13-25-41(42)35-51(52)53)48-32-30-44(38-19-7-2-8-20-38)34-50(48)40-23-11-4-12-24-40;1-2-13-26(14-3-1)36-31-18-8-10-20-33(31)38(34-21-11-9-19-32(34)36)35-24-27-23-22-25-12-4-5-15-28(25)37(27)30-17-7-6-16-29(30)35/h1-29,31-36,44H,30H2;1-24H. The summed E-state index contributed by atoms with van der Waals surface area (Å²) in [4.78, 5) is 0. The van der Waals surface area contributed by atoms with Crippen LogP contribution in [0.1, 0.15) is 29.0 Å². The second-order valence-electron chi connectivity index (χ2n) is 24.4. The van der Waals surface area contributed by atoms with Crippen molar-refractivity contribution in [2.45, 2.75) is 12.3 Å². The lowest BCUT2D eigenvalue weighted by Gasteiger charge is -2.27. The normalized spacial score (nSPS) is 13.2. The van der Waals surface area contributed by atoms with Crippen molar-refractivity contribution in [3.63, 3.8) is 0 Å². The SMILES string of the molecule is C1=C(c2ccccc2)C(c2c3ccccc3c(-c3ccc(-c4ccccc4)cc3-c3ccccc3)c3cc4ccccc4cc23)=CCC1c1ccccc1.c1ccc(-c2c3ccccc3c(-c3cc4ccc5ccccc5c4c4ccccc34)c3ccccc23)cc1. The average molecular weight is 1170 g/mol. The minimum atomic E-state index is 0.305. The number of benzene rings is 17. The van der Waals surface area contributed by atoms with E-state index in [1.165, 1.54) is 170 Å². The molecule has 0 aliphatic heterocycles. The molecule has 0 aromatic heterocycles. The minimum Gasteiger partial charge on any atom is -0.0751 e. The second-order valence-corrected chi connectivity index (χ2v) is 24.4. The Hall–Kier alpha value is -11.7. The highest BCUT2D eigenvalue weighted by atomic mass is 14.3. The molecule has 0 radical (unpaired) electrons. The summed E-state index contributed by atoms with van der Waals surface area (Å²) in [5.74, 6) is 0.305. The van der Waals surface area contributed by atoms with Gasteiger partial charge in [-0.15, -0.1) is 0 Å². The topological polar surface area (TPSA) is 0 Å². The maximum absolute atomic E-state index is 2.52. The van der Waals surface area contributed by atoms with Crippen LogP contribution in [0.25, 0.3) is 153 Å². The van der Waals surface area contributed by atoms with Crippen LogP contribution in [0.3, 0.4) is 0 Å². The van der Waals surface area contributed by atoms with Crippen LogP contribution < -0.4 is 0 Å². The summed E-state index contributed by atoms with van der Waals surface area (Å²) in [5, 5.41) is 20.5. The molecule has 0 amide bonds. The quantitative estimate of drug-likeness (QED) is 0.105. The van der Waals surface area contributed by atoms with Gasteiger partial charge in [0.05, 0.1) is 0 Å². The molecule has 0 heteroatoms. The summed E-state index contributed by atoms with van der Waals surface area (Å²) in [6.45, 7) is 0. The van der Waals surface area contributed by atoms with Gasteiger partial charge in [0, 0.05) is 5.92 Å². The molecule has 1 atom stereocenters. The van der Waals surface area contributed by atoms with Crippen molar-refractivity contribution < 1.29 is 0 Å². The molecule has 0 spiro atoms. The van der Waals surface area contributed by atoms with Gasteiger partial charge in [0.25, 0.3) is 0 Å². The third-order valence-corrected chi connectivity index (χ3v) is 19.2. The molecule has 0 fully saturated rings. The van der Waals surface area contributed by atoms with E-state index in [2.05, 4.69) is 358 Å². The monoisotopic (exact) mass is 1170 g/mol. The molecule has 92 heavy (non-hydrogen) atoms. The van der Waals surface area contributed by atoms with Gasteiger partial charge in [-0.3, -0.25) is 0 Å². The first-order chi connectivity index (χ1) is 45.7. The van der Waals surface area contributed by atoms with Crippen LogP contribution in [-0.2, 0) is 0 Å². The first kappa shape index (κ1) is 54.5. The Labute approximate surface area is 536 Å². The molecule has 17 aromatic rings. The Morgan fingerprint density at radius 1 is 0.207 bits per heavy atom. The largest absolute Gasteiger partial charge is 0.0751 e. The molecule has 430 valence electrons. The van der Waals surface area contributed by atoms with E-state index in [4.69, 9.17) is 0 Å². The Balaban J connectivity index is 0.000000149. The van der Waals surface area contributed by atoms with Crippen LogP contribution in [0.2, 0.25) is 0 Å².